The van der Waals surface area contributed by atoms with Crippen molar-refractivity contribution in [1.29, 1.82) is 0 Å². The van der Waals surface area contributed by atoms with Crippen LogP contribution in [0.5, 0.6) is 0 Å². The average molecular weight is 384 g/mol. The number of halogens is 1. The second kappa shape index (κ2) is 7.84. The number of aromatic nitrogens is 1. The molecule has 0 bridgehead atoms. The van der Waals surface area contributed by atoms with Crippen LogP contribution < -0.4 is 10.6 Å². The number of amides is 1. The van der Waals surface area contributed by atoms with Crippen LogP contribution in [0.1, 0.15) is 37.0 Å². The molecule has 3 aromatic rings. The third kappa shape index (κ3) is 5.11. The monoisotopic (exact) mass is 383 g/mol. The van der Waals surface area contributed by atoms with Crippen LogP contribution in [0, 0.1) is 0 Å². The number of hydrogen-bond acceptors (Lipinski definition) is 4. The Kier molecular flexibility index (Phi) is 5.51. The van der Waals surface area contributed by atoms with Gasteiger partial charge in [0.05, 0.1) is 18.3 Å². The van der Waals surface area contributed by atoms with E-state index in [4.69, 9.17) is 16.0 Å². The third-order valence-electron chi connectivity index (χ3n) is 3.75. The molecule has 1 aromatic heterocycles. The van der Waals surface area contributed by atoms with Gasteiger partial charge in [-0.3, -0.25) is 4.79 Å². The maximum absolute atomic E-state index is 12.5. The number of benzene rings is 2. The lowest BCUT2D eigenvalue weighted by Gasteiger charge is -2.21. The molecule has 0 aliphatic carbocycles. The summed E-state index contributed by atoms with van der Waals surface area (Å²) >= 11 is 6.02. The summed E-state index contributed by atoms with van der Waals surface area (Å²) < 4.78 is 5.79. The van der Waals surface area contributed by atoms with Crippen molar-refractivity contribution in [2.75, 3.05) is 5.32 Å². The lowest BCUT2D eigenvalue weighted by atomic mass is 10.1. The minimum atomic E-state index is -0.307. The van der Waals surface area contributed by atoms with Crippen LogP contribution in [0.2, 0.25) is 5.02 Å². The summed E-state index contributed by atoms with van der Waals surface area (Å²) in [4.78, 5) is 16.8. The first-order valence-corrected chi connectivity index (χ1v) is 9.06. The Bertz CT molecular complexity index is 944. The molecule has 2 aromatic carbocycles. The standard InChI is InChI=1S/C21H22ClN3O2/c1-21(2,3)25-20(26)16-9-4-5-10-17(16)23-13-19-24-12-18(27-19)14-7-6-8-15(22)11-14/h4-12,23H,13H2,1-3H3,(H,25,26). The van der Waals surface area contributed by atoms with E-state index in [1.807, 2.05) is 63.2 Å². The number of anilines is 1. The third-order valence-corrected chi connectivity index (χ3v) is 3.99. The molecule has 0 spiro atoms. The van der Waals surface area contributed by atoms with Gasteiger partial charge < -0.3 is 15.1 Å². The molecule has 1 heterocycles. The zero-order valence-corrected chi connectivity index (χ0v) is 16.3. The van der Waals surface area contributed by atoms with Gasteiger partial charge in [0.25, 0.3) is 5.91 Å². The predicted octanol–water partition coefficient (Wildman–Crippen LogP) is 5.14. The minimum absolute atomic E-state index is 0.127. The Morgan fingerprint density at radius 3 is 2.67 bits per heavy atom. The van der Waals surface area contributed by atoms with Crippen LogP contribution in [-0.2, 0) is 6.54 Å². The summed E-state index contributed by atoms with van der Waals surface area (Å²) in [6.07, 6.45) is 1.67. The first-order chi connectivity index (χ1) is 12.8. The summed E-state index contributed by atoms with van der Waals surface area (Å²) in [7, 11) is 0. The molecule has 0 atom stereocenters. The van der Waals surface area contributed by atoms with Gasteiger partial charge >= 0.3 is 0 Å². The molecule has 140 valence electrons. The zero-order chi connectivity index (χ0) is 19.4. The van der Waals surface area contributed by atoms with Gasteiger partial charge in [0.1, 0.15) is 0 Å². The molecule has 5 nitrogen and oxygen atoms in total. The van der Waals surface area contributed by atoms with Gasteiger partial charge in [-0.05, 0) is 45.0 Å². The van der Waals surface area contributed by atoms with Crippen molar-refractivity contribution in [3.8, 4) is 11.3 Å². The van der Waals surface area contributed by atoms with Crippen molar-refractivity contribution in [2.24, 2.45) is 0 Å². The van der Waals surface area contributed by atoms with E-state index < -0.39 is 0 Å². The number of nitrogens with zero attached hydrogens (tertiary/aromatic N) is 1. The topological polar surface area (TPSA) is 67.2 Å². The smallest absolute Gasteiger partial charge is 0.253 e. The fourth-order valence-corrected chi connectivity index (χ4v) is 2.77. The number of hydrogen-bond donors (Lipinski definition) is 2. The number of carbonyl (C=O) groups excluding carboxylic acids is 1. The molecule has 0 fully saturated rings. The van der Waals surface area contributed by atoms with E-state index in [1.165, 1.54) is 0 Å². The molecule has 1 amide bonds. The van der Waals surface area contributed by atoms with Gasteiger partial charge in [-0.2, -0.15) is 0 Å². The van der Waals surface area contributed by atoms with E-state index in [1.54, 1.807) is 12.3 Å². The van der Waals surface area contributed by atoms with Crippen molar-refractivity contribution in [2.45, 2.75) is 32.9 Å². The molecule has 2 N–H and O–H groups in total. The average Bonchev–Trinajstić information content (AvgIpc) is 3.08. The van der Waals surface area contributed by atoms with Gasteiger partial charge in [0.2, 0.25) is 5.89 Å². The van der Waals surface area contributed by atoms with Crippen molar-refractivity contribution < 1.29 is 9.21 Å². The molecule has 0 unspecified atom stereocenters. The predicted molar refractivity (Wildman–Crippen MR) is 108 cm³/mol. The second-order valence-corrected chi connectivity index (χ2v) is 7.67. The van der Waals surface area contributed by atoms with Crippen LogP contribution in [0.4, 0.5) is 5.69 Å². The first-order valence-electron chi connectivity index (χ1n) is 8.68. The maximum atomic E-state index is 12.5. The Hall–Kier alpha value is -2.79. The molecule has 0 aliphatic rings. The van der Waals surface area contributed by atoms with Crippen molar-refractivity contribution in [3.63, 3.8) is 0 Å². The fourth-order valence-electron chi connectivity index (χ4n) is 2.58. The van der Waals surface area contributed by atoms with E-state index in [0.29, 0.717) is 28.8 Å². The Balaban J connectivity index is 1.72. The lowest BCUT2D eigenvalue weighted by Crippen LogP contribution is -2.40. The number of carbonyl (C=O) groups is 1. The van der Waals surface area contributed by atoms with E-state index in [9.17, 15) is 4.79 Å². The number of para-hydroxylation sites is 1. The molecule has 3 rings (SSSR count). The fraction of sp³-hybridized carbons (Fsp3) is 0.238. The van der Waals surface area contributed by atoms with Crippen LogP contribution in [0.3, 0.4) is 0 Å². The summed E-state index contributed by atoms with van der Waals surface area (Å²) in [5.74, 6) is 1.04. The lowest BCUT2D eigenvalue weighted by molar-refractivity contribution is 0.0920. The van der Waals surface area contributed by atoms with E-state index in [0.717, 1.165) is 11.3 Å². The zero-order valence-electron chi connectivity index (χ0n) is 15.5. The van der Waals surface area contributed by atoms with Crippen molar-refractivity contribution in [1.82, 2.24) is 10.3 Å². The highest BCUT2D eigenvalue weighted by Crippen LogP contribution is 2.24. The normalized spacial score (nSPS) is 11.3. The molecule has 0 saturated carbocycles. The van der Waals surface area contributed by atoms with E-state index in [-0.39, 0.29) is 11.4 Å². The van der Waals surface area contributed by atoms with Gasteiger partial charge in [0.15, 0.2) is 5.76 Å². The van der Waals surface area contributed by atoms with Gasteiger partial charge in [-0.25, -0.2) is 4.98 Å². The van der Waals surface area contributed by atoms with E-state index in [2.05, 4.69) is 15.6 Å². The van der Waals surface area contributed by atoms with Gasteiger partial charge in [0, 0.05) is 21.8 Å². The Morgan fingerprint density at radius 1 is 1.15 bits per heavy atom. The highest BCUT2D eigenvalue weighted by atomic mass is 35.5. The minimum Gasteiger partial charge on any atom is -0.439 e. The SMILES string of the molecule is CC(C)(C)NC(=O)c1ccccc1NCc1ncc(-c2cccc(Cl)c2)o1. The van der Waals surface area contributed by atoms with Gasteiger partial charge in [-0.1, -0.05) is 35.9 Å². The molecular weight excluding hydrogens is 362 g/mol. The highest BCUT2D eigenvalue weighted by Gasteiger charge is 2.18. The summed E-state index contributed by atoms with van der Waals surface area (Å²) in [5, 5.41) is 6.84. The molecule has 27 heavy (non-hydrogen) atoms. The summed E-state index contributed by atoms with van der Waals surface area (Å²) in [6, 6.07) is 14.8. The van der Waals surface area contributed by atoms with E-state index >= 15 is 0 Å². The maximum Gasteiger partial charge on any atom is 0.253 e. The van der Waals surface area contributed by atoms with Crippen LogP contribution in [0.25, 0.3) is 11.3 Å². The molecule has 6 heteroatoms. The second-order valence-electron chi connectivity index (χ2n) is 7.23. The molecule has 0 saturated heterocycles. The van der Waals surface area contributed by atoms with Crippen LogP contribution in [-0.4, -0.2) is 16.4 Å². The molecular formula is C21H22ClN3O2. The number of oxazole rings is 1. The van der Waals surface area contributed by atoms with Crippen molar-refractivity contribution in [3.05, 3.63) is 71.2 Å². The van der Waals surface area contributed by atoms with Crippen LogP contribution in [0.15, 0.2) is 59.1 Å². The van der Waals surface area contributed by atoms with Gasteiger partial charge in [-0.15, -0.1) is 0 Å². The largest absolute Gasteiger partial charge is 0.439 e. The highest BCUT2D eigenvalue weighted by molar-refractivity contribution is 6.30. The quantitative estimate of drug-likeness (QED) is 0.640. The summed E-state index contributed by atoms with van der Waals surface area (Å²) in [6.45, 7) is 6.21. The van der Waals surface area contributed by atoms with Crippen molar-refractivity contribution >= 4 is 23.2 Å². The van der Waals surface area contributed by atoms with Crippen LogP contribution >= 0.6 is 11.6 Å². The molecule has 0 aliphatic heterocycles. The number of nitrogens with one attached hydrogen (secondary N) is 2. The Morgan fingerprint density at radius 2 is 1.93 bits per heavy atom. The number of rotatable bonds is 5. The summed E-state index contributed by atoms with van der Waals surface area (Å²) in [5.41, 5.74) is 1.86. The first kappa shape index (κ1) is 19.0. The Labute approximate surface area is 163 Å². The molecule has 0 radical (unpaired) electrons.